The van der Waals surface area contributed by atoms with Gasteiger partial charge in [0.15, 0.2) is 5.11 Å². The van der Waals surface area contributed by atoms with Crippen LogP contribution < -0.4 is 10.6 Å². The third-order valence-corrected chi connectivity index (χ3v) is 2.78. The Labute approximate surface area is 114 Å². The van der Waals surface area contributed by atoms with Gasteiger partial charge in [-0.25, -0.2) is 8.78 Å². The Morgan fingerprint density at radius 2 is 2.16 bits per heavy atom. The van der Waals surface area contributed by atoms with Crippen molar-refractivity contribution in [3.63, 3.8) is 0 Å². The van der Waals surface area contributed by atoms with Gasteiger partial charge in [-0.1, -0.05) is 0 Å². The van der Waals surface area contributed by atoms with E-state index in [1.165, 1.54) is 6.07 Å². The van der Waals surface area contributed by atoms with Crippen LogP contribution in [0.1, 0.15) is 5.69 Å². The maximum atomic E-state index is 13.4. The van der Waals surface area contributed by atoms with Crippen LogP contribution in [0.15, 0.2) is 30.5 Å². The lowest BCUT2D eigenvalue weighted by atomic mass is 10.3. The van der Waals surface area contributed by atoms with Crippen molar-refractivity contribution in [3.8, 4) is 0 Å². The highest BCUT2D eigenvalue weighted by molar-refractivity contribution is 7.80. The number of anilines is 1. The van der Waals surface area contributed by atoms with Gasteiger partial charge < -0.3 is 10.6 Å². The molecule has 1 aromatic carbocycles. The minimum absolute atomic E-state index is 0.129. The van der Waals surface area contributed by atoms with Crippen molar-refractivity contribution in [1.82, 2.24) is 15.1 Å². The monoisotopic (exact) mass is 282 g/mol. The number of hydrogen-bond donors (Lipinski definition) is 2. The van der Waals surface area contributed by atoms with E-state index in [1.807, 2.05) is 13.1 Å². The Kier molecular flexibility index (Phi) is 4.06. The zero-order valence-corrected chi connectivity index (χ0v) is 11.0. The van der Waals surface area contributed by atoms with Crippen LogP contribution >= 0.6 is 12.2 Å². The molecule has 100 valence electrons. The first-order valence-corrected chi connectivity index (χ1v) is 5.94. The summed E-state index contributed by atoms with van der Waals surface area (Å²) in [6.07, 6.45) is 1.67. The average molecular weight is 282 g/mol. The van der Waals surface area contributed by atoms with Crippen LogP contribution in [-0.2, 0) is 13.6 Å². The third-order valence-electron chi connectivity index (χ3n) is 2.53. The third kappa shape index (κ3) is 3.47. The zero-order valence-electron chi connectivity index (χ0n) is 10.2. The van der Waals surface area contributed by atoms with E-state index in [2.05, 4.69) is 15.7 Å². The topological polar surface area (TPSA) is 41.9 Å². The van der Waals surface area contributed by atoms with E-state index in [9.17, 15) is 8.78 Å². The Bertz CT molecular complexity index is 597. The maximum absolute atomic E-state index is 13.4. The minimum atomic E-state index is -0.690. The number of nitrogens with one attached hydrogen (secondary N) is 2. The van der Waals surface area contributed by atoms with Crippen LogP contribution in [0.25, 0.3) is 0 Å². The molecule has 0 aliphatic heterocycles. The van der Waals surface area contributed by atoms with Crippen LogP contribution in [-0.4, -0.2) is 14.9 Å². The van der Waals surface area contributed by atoms with E-state index in [1.54, 1.807) is 10.9 Å². The van der Waals surface area contributed by atoms with Crippen LogP contribution in [0.5, 0.6) is 0 Å². The first kappa shape index (κ1) is 13.4. The van der Waals surface area contributed by atoms with Gasteiger partial charge in [-0.3, -0.25) is 4.68 Å². The highest BCUT2D eigenvalue weighted by Crippen LogP contribution is 2.14. The standard InChI is InChI=1S/C12H12F2N4S/c1-18-9(4-5-16-18)7-15-12(19)17-11-3-2-8(13)6-10(11)14/h2-6H,7H2,1H3,(H2,15,17,19). The molecular formula is C12H12F2N4S. The fourth-order valence-corrected chi connectivity index (χ4v) is 1.69. The Morgan fingerprint density at radius 3 is 2.79 bits per heavy atom. The fraction of sp³-hybridized carbons (Fsp3) is 0.167. The van der Waals surface area contributed by atoms with Crippen LogP contribution in [0, 0.1) is 11.6 Å². The van der Waals surface area contributed by atoms with Gasteiger partial charge in [0.25, 0.3) is 0 Å². The lowest BCUT2D eigenvalue weighted by Gasteiger charge is -2.11. The van der Waals surface area contributed by atoms with Crippen molar-refractivity contribution in [2.75, 3.05) is 5.32 Å². The van der Waals surface area contributed by atoms with E-state index in [0.717, 1.165) is 17.8 Å². The lowest BCUT2D eigenvalue weighted by Crippen LogP contribution is -2.29. The average Bonchev–Trinajstić information content (AvgIpc) is 2.76. The van der Waals surface area contributed by atoms with Crippen molar-refractivity contribution in [2.45, 2.75) is 6.54 Å². The Hall–Kier alpha value is -2.02. The molecule has 0 atom stereocenters. The molecule has 0 fully saturated rings. The molecule has 2 aromatic rings. The highest BCUT2D eigenvalue weighted by atomic mass is 32.1. The second-order valence-corrected chi connectivity index (χ2v) is 4.29. The number of thiocarbonyl (C=S) groups is 1. The van der Waals surface area contributed by atoms with Crippen LogP contribution in [0.3, 0.4) is 0 Å². The molecule has 1 heterocycles. The van der Waals surface area contributed by atoms with Crippen molar-refractivity contribution in [3.05, 3.63) is 47.8 Å². The van der Waals surface area contributed by atoms with E-state index in [4.69, 9.17) is 12.2 Å². The summed E-state index contributed by atoms with van der Waals surface area (Å²) in [5.41, 5.74) is 1.06. The van der Waals surface area contributed by atoms with Gasteiger partial charge in [-0.05, 0) is 30.4 Å². The summed E-state index contributed by atoms with van der Waals surface area (Å²) in [6.45, 7) is 0.463. The van der Waals surface area contributed by atoms with E-state index < -0.39 is 11.6 Å². The smallest absolute Gasteiger partial charge is 0.171 e. The molecule has 19 heavy (non-hydrogen) atoms. The first-order valence-electron chi connectivity index (χ1n) is 5.53. The molecule has 4 nitrogen and oxygen atoms in total. The second kappa shape index (κ2) is 5.75. The summed E-state index contributed by atoms with van der Waals surface area (Å²) < 4.78 is 27.8. The highest BCUT2D eigenvalue weighted by Gasteiger charge is 2.06. The number of aryl methyl sites for hydroxylation is 1. The van der Waals surface area contributed by atoms with Crippen molar-refractivity contribution in [1.29, 1.82) is 0 Å². The Morgan fingerprint density at radius 1 is 1.37 bits per heavy atom. The van der Waals surface area contributed by atoms with Gasteiger partial charge in [-0.15, -0.1) is 0 Å². The molecule has 2 rings (SSSR count). The number of hydrogen-bond acceptors (Lipinski definition) is 2. The molecule has 2 N–H and O–H groups in total. The van der Waals surface area contributed by atoms with E-state index in [0.29, 0.717) is 6.54 Å². The molecule has 0 bridgehead atoms. The molecule has 0 radical (unpaired) electrons. The van der Waals surface area contributed by atoms with Crippen molar-refractivity contribution in [2.24, 2.45) is 7.05 Å². The van der Waals surface area contributed by atoms with Gasteiger partial charge in [0.1, 0.15) is 11.6 Å². The molecule has 0 saturated heterocycles. The molecule has 0 spiro atoms. The lowest BCUT2D eigenvalue weighted by molar-refractivity contribution is 0.586. The van der Waals surface area contributed by atoms with Crippen molar-refractivity contribution < 1.29 is 8.78 Å². The first-order chi connectivity index (χ1) is 9.06. The summed E-state index contributed by atoms with van der Waals surface area (Å²) in [6, 6.07) is 5.10. The molecule has 0 amide bonds. The van der Waals surface area contributed by atoms with Gasteiger partial charge in [0, 0.05) is 19.3 Å². The summed E-state index contributed by atoms with van der Waals surface area (Å²) in [7, 11) is 1.81. The molecule has 0 saturated carbocycles. The van der Waals surface area contributed by atoms with Crippen LogP contribution in [0.4, 0.5) is 14.5 Å². The number of aromatic nitrogens is 2. The Balaban J connectivity index is 1.93. The second-order valence-electron chi connectivity index (χ2n) is 3.88. The number of benzene rings is 1. The number of nitrogens with zero attached hydrogens (tertiary/aromatic N) is 2. The number of rotatable bonds is 3. The molecule has 1 aromatic heterocycles. The summed E-state index contributed by atoms with van der Waals surface area (Å²) in [5.74, 6) is -1.32. The zero-order chi connectivity index (χ0) is 13.8. The minimum Gasteiger partial charge on any atom is -0.357 e. The molecular weight excluding hydrogens is 270 g/mol. The molecule has 0 aliphatic rings. The fourth-order valence-electron chi connectivity index (χ4n) is 1.50. The SMILES string of the molecule is Cn1nccc1CNC(=S)Nc1ccc(F)cc1F. The van der Waals surface area contributed by atoms with Crippen molar-refractivity contribution >= 4 is 23.0 Å². The quantitative estimate of drug-likeness (QED) is 0.847. The number of halogens is 2. The predicted molar refractivity (Wildman–Crippen MR) is 72.6 cm³/mol. The molecule has 0 aliphatic carbocycles. The normalized spacial score (nSPS) is 10.3. The summed E-state index contributed by atoms with van der Waals surface area (Å²) in [4.78, 5) is 0. The molecule has 0 unspecified atom stereocenters. The van der Waals surface area contributed by atoms with Gasteiger partial charge in [0.05, 0.1) is 17.9 Å². The largest absolute Gasteiger partial charge is 0.357 e. The summed E-state index contributed by atoms with van der Waals surface area (Å²) in [5, 5.41) is 9.85. The van der Waals surface area contributed by atoms with Gasteiger partial charge in [0.2, 0.25) is 0 Å². The van der Waals surface area contributed by atoms with Gasteiger partial charge >= 0.3 is 0 Å². The van der Waals surface area contributed by atoms with E-state index >= 15 is 0 Å². The van der Waals surface area contributed by atoms with E-state index in [-0.39, 0.29) is 10.8 Å². The predicted octanol–water partition coefficient (Wildman–Crippen LogP) is 2.18. The molecule has 7 heteroatoms. The van der Waals surface area contributed by atoms with Crippen LogP contribution in [0.2, 0.25) is 0 Å². The summed E-state index contributed by atoms with van der Waals surface area (Å²) >= 11 is 5.03. The van der Waals surface area contributed by atoms with Gasteiger partial charge in [-0.2, -0.15) is 5.10 Å². The maximum Gasteiger partial charge on any atom is 0.171 e.